The van der Waals surface area contributed by atoms with Crippen molar-refractivity contribution >= 4 is 0 Å². The van der Waals surface area contributed by atoms with E-state index in [9.17, 15) is 0 Å². The van der Waals surface area contributed by atoms with Crippen LogP contribution in [0.2, 0.25) is 0 Å². The van der Waals surface area contributed by atoms with E-state index in [1.165, 1.54) is 0 Å². The monoisotopic (exact) mass is 175 g/mol. The number of nitrogens with two attached hydrogens (primary N) is 1. The molecule has 4 nitrogen and oxygen atoms in total. The molecule has 1 heterocycles. The number of ether oxygens (including phenoxy) is 3. The van der Waals surface area contributed by atoms with Crippen LogP contribution >= 0.6 is 0 Å². The molecule has 0 radical (unpaired) electrons. The van der Waals surface area contributed by atoms with Crippen LogP contribution in [-0.2, 0) is 14.2 Å². The topological polar surface area (TPSA) is 57.0 Å². The van der Waals surface area contributed by atoms with Gasteiger partial charge in [-0.1, -0.05) is 0 Å². The highest BCUT2D eigenvalue weighted by Gasteiger charge is 2.33. The first-order valence-corrected chi connectivity index (χ1v) is 4.35. The quantitative estimate of drug-likeness (QED) is 0.429. The highest BCUT2D eigenvalue weighted by molar-refractivity contribution is 4.79. The van der Waals surface area contributed by atoms with Gasteiger partial charge in [-0.05, 0) is 6.92 Å². The Labute approximate surface area is 73.0 Å². The second-order valence-corrected chi connectivity index (χ2v) is 2.86. The Kier molecular flexibility index (Phi) is 4.53. The van der Waals surface area contributed by atoms with E-state index in [4.69, 9.17) is 19.9 Å². The first-order valence-electron chi connectivity index (χ1n) is 4.35. The van der Waals surface area contributed by atoms with E-state index in [-0.39, 0.29) is 0 Å². The molecule has 1 fully saturated rings. The fourth-order valence-electron chi connectivity index (χ4n) is 0.908. The van der Waals surface area contributed by atoms with Gasteiger partial charge in [0.25, 0.3) is 0 Å². The number of rotatable bonds is 7. The summed E-state index contributed by atoms with van der Waals surface area (Å²) in [7, 11) is 0. The summed E-state index contributed by atoms with van der Waals surface area (Å²) in [6.07, 6.45) is 0.703. The molecule has 2 N–H and O–H groups in total. The van der Waals surface area contributed by atoms with Gasteiger partial charge in [0.15, 0.2) is 0 Å². The summed E-state index contributed by atoms with van der Waals surface area (Å²) in [6, 6.07) is 0. The highest BCUT2D eigenvalue weighted by atomic mass is 16.6. The van der Waals surface area contributed by atoms with Crippen LogP contribution in [0.25, 0.3) is 0 Å². The zero-order valence-corrected chi connectivity index (χ0v) is 7.49. The molecule has 1 aliphatic rings. The van der Waals surface area contributed by atoms with Crippen molar-refractivity contribution in [2.45, 2.75) is 19.1 Å². The van der Waals surface area contributed by atoms with Crippen LogP contribution in [0.4, 0.5) is 0 Å². The predicted octanol–water partition coefficient (Wildman–Crippen LogP) is -0.234. The fourth-order valence-corrected chi connectivity index (χ4v) is 0.908. The molecule has 1 saturated heterocycles. The Morgan fingerprint density at radius 2 is 1.92 bits per heavy atom. The molecule has 2 atom stereocenters. The molecule has 0 amide bonds. The minimum Gasteiger partial charge on any atom is -0.378 e. The third-order valence-electron chi connectivity index (χ3n) is 1.75. The van der Waals surface area contributed by atoms with Crippen molar-refractivity contribution in [1.82, 2.24) is 0 Å². The van der Waals surface area contributed by atoms with Crippen LogP contribution in [0, 0.1) is 0 Å². The van der Waals surface area contributed by atoms with Crippen LogP contribution in [0.3, 0.4) is 0 Å². The zero-order chi connectivity index (χ0) is 8.81. The lowest BCUT2D eigenvalue weighted by Gasteiger charge is -2.02. The van der Waals surface area contributed by atoms with E-state index < -0.39 is 0 Å². The average molecular weight is 175 g/mol. The Hall–Kier alpha value is -0.160. The minimum absolute atomic E-state index is 0.319. The molecule has 0 bridgehead atoms. The fraction of sp³-hybridized carbons (Fsp3) is 1.00. The molecule has 1 rings (SSSR count). The minimum atomic E-state index is 0.319. The Bertz CT molecular complexity index is 121. The molecule has 0 aromatic carbocycles. The molecule has 72 valence electrons. The van der Waals surface area contributed by atoms with Gasteiger partial charge in [-0.15, -0.1) is 0 Å². The first kappa shape index (κ1) is 9.92. The molecule has 4 heteroatoms. The molecule has 0 aromatic heterocycles. The third-order valence-corrected chi connectivity index (χ3v) is 1.75. The summed E-state index contributed by atoms with van der Waals surface area (Å²) in [5.41, 5.74) is 5.23. The summed E-state index contributed by atoms with van der Waals surface area (Å²) in [4.78, 5) is 0. The molecule has 0 aliphatic carbocycles. The molecular weight excluding hydrogens is 158 g/mol. The van der Waals surface area contributed by atoms with Crippen molar-refractivity contribution < 1.29 is 14.2 Å². The molecule has 1 aliphatic heterocycles. The van der Waals surface area contributed by atoms with Crippen molar-refractivity contribution in [3.8, 4) is 0 Å². The van der Waals surface area contributed by atoms with Gasteiger partial charge < -0.3 is 19.9 Å². The lowest BCUT2D eigenvalue weighted by molar-refractivity contribution is 0.0445. The average Bonchev–Trinajstić information content (AvgIpc) is 2.74. The molecule has 0 spiro atoms. The van der Waals surface area contributed by atoms with Crippen molar-refractivity contribution in [2.75, 3.05) is 33.0 Å². The zero-order valence-electron chi connectivity index (χ0n) is 7.49. The van der Waals surface area contributed by atoms with Crippen LogP contribution in [0.5, 0.6) is 0 Å². The van der Waals surface area contributed by atoms with E-state index in [2.05, 4.69) is 0 Å². The SMILES string of the molecule is CC1OC1COCCOCCN. The van der Waals surface area contributed by atoms with Crippen LogP contribution in [0.15, 0.2) is 0 Å². The van der Waals surface area contributed by atoms with Gasteiger partial charge in [0.2, 0.25) is 0 Å². The van der Waals surface area contributed by atoms with Crippen LogP contribution in [0.1, 0.15) is 6.92 Å². The second-order valence-electron chi connectivity index (χ2n) is 2.86. The molecular formula is C8H17NO3. The van der Waals surface area contributed by atoms with Gasteiger partial charge in [0.05, 0.1) is 32.5 Å². The van der Waals surface area contributed by atoms with Gasteiger partial charge in [0.1, 0.15) is 6.10 Å². The van der Waals surface area contributed by atoms with Gasteiger partial charge >= 0.3 is 0 Å². The Morgan fingerprint density at radius 1 is 1.25 bits per heavy atom. The maximum atomic E-state index is 5.28. The van der Waals surface area contributed by atoms with Gasteiger partial charge in [-0.2, -0.15) is 0 Å². The van der Waals surface area contributed by atoms with Crippen molar-refractivity contribution in [2.24, 2.45) is 5.73 Å². The summed E-state index contributed by atoms with van der Waals surface area (Å²) in [5.74, 6) is 0. The normalized spacial score (nSPS) is 27.5. The Balaban J connectivity index is 1.72. The number of hydrogen-bond acceptors (Lipinski definition) is 4. The molecule has 12 heavy (non-hydrogen) atoms. The maximum Gasteiger partial charge on any atom is 0.107 e. The van der Waals surface area contributed by atoms with Crippen LogP contribution < -0.4 is 5.73 Å². The highest BCUT2D eigenvalue weighted by Crippen LogP contribution is 2.20. The Morgan fingerprint density at radius 3 is 2.50 bits per heavy atom. The number of epoxide rings is 1. The lowest BCUT2D eigenvalue weighted by Crippen LogP contribution is -2.13. The molecule has 2 unspecified atom stereocenters. The lowest BCUT2D eigenvalue weighted by atomic mass is 10.4. The van der Waals surface area contributed by atoms with Gasteiger partial charge in [-0.25, -0.2) is 0 Å². The summed E-state index contributed by atoms with van der Waals surface area (Å²) in [5, 5.41) is 0. The summed E-state index contributed by atoms with van der Waals surface area (Å²) >= 11 is 0. The standard InChI is InChI=1S/C8H17NO3/c1-7-8(12-7)6-11-5-4-10-3-2-9/h7-8H,2-6,9H2,1H3. The first-order chi connectivity index (χ1) is 5.84. The summed E-state index contributed by atoms with van der Waals surface area (Å²) < 4.78 is 15.6. The van der Waals surface area contributed by atoms with Gasteiger partial charge in [-0.3, -0.25) is 0 Å². The van der Waals surface area contributed by atoms with Crippen molar-refractivity contribution in [1.29, 1.82) is 0 Å². The molecule has 0 saturated carbocycles. The largest absolute Gasteiger partial charge is 0.378 e. The maximum absolute atomic E-state index is 5.28. The second kappa shape index (κ2) is 5.48. The van der Waals surface area contributed by atoms with Crippen molar-refractivity contribution in [3.05, 3.63) is 0 Å². The smallest absolute Gasteiger partial charge is 0.107 e. The van der Waals surface area contributed by atoms with E-state index in [0.717, 1.165) is 0 Å². The van der Waals surface area contributed by atoms with E-state index in [1.807, 2.05) is 6.92 Å². The van der Waals surface area contributed by atoms with E-state index in [0.29, 0.717) is 45.2 Å². The summed E-state index contributed by atoms with van der Waals surface area (Å²) in [6.45, 7) is 5.17. The predicted molar refractivity (Wildman–Crippen MR) is 45.0 cm³/mol. The van der Waals surface area contributed by atoms with E-state index >= 15 is 0 Å². The van der Waals surface area contributed by atoms with E-state index in [1.54, 1.807) is 0 Å². The third kappa shape index (κ3) is 4.01. The van der Waals surface area contributed by atoms with Gasteiger partial charge in [0, 0.05) is 6.54 Å². The van der Waals surface area contributed by atoms with Crippen molar-refractivity contribution in [3.63, 3.8) is 0 Å². The number of hydrogen-bond donors (Lipinski definition) is 1. The molecule has 0 aromatic rings. The van der Waals surface area contributed by atoms with Crippen LogP contribution in [-0.4, -0.2) is 45.2 Å².